The van der Waals surface area contributed by atoms with E-state index in [2.05, 4.69) is 10.2 Å². The molecule has 0 bridgehead atoms. The van der Waals surface area contributed by atoms with Gasteiger partial charge in [0.25, 0.3) is 0 Å². The van der Waals surface area contributed by atoms with Gasteiger partial charge in [-0.3, -0.25) is 0 Å². The molecule has 1 amide bonds. The Morgan fingerprint density at radius 1 is 1.18 bits per heavy atom. The fourth-order valence-electron chi connectivity index (χ4n) is 3.49. The first-order chi connectivity index (χ1) is 15.6. The zero-order valence-electron chi connectivity index (χ0n) is 19.5. The van der Waals surface area contributed by atoms with Crippen LogP contribution >= 0.6 is 22.9 Å². The Bertz CT molecular complexity index is 1130. The highest BCUT2D eigenvalue weighted by molar-refractivity contribution is 7.17. The number of rotatable bonds is 4. The van der Waals surface area contributed by atoms with E-state index in [-0.39, 0.29) is 12.2 Å². The molecule has 0 spiro atoms. The maximum atomic E-state index is 12.4. The summed E-state index contributed by atoms with van der Waals surface area (Å²) in [7, 11) is 0. The lowest BCUT2D eigenvalue weighted by Crippen LogP contribution is -2.38. The zero-order chi connectivity index (χ0) is 23.8. The largest absolute Gasteiger partial charge is 0.489 e. The van der Waals surface area contributed by atoms with Gasteiger partial charge in [0.05, 0.1) is 16.8 Å². The van der Waals surface area contributed by atoms with Crippen molar-refractivity contribution in [3.8, 4) is 21.5 Å². The Hall–Kier alpha value is -2.65. The standard InChI is InChI=1S/C23H28ClN5O3S/c1-14(2)31-19-7-6-15(12-17(19)24)20-25-26-21(33-20)29-13-16-8-10-28(11-9-18(16)27-29)22(30)32-23(3,4)5/h6-7,12-14H,8-11H2,1-5H3. The molecule has 8 nitrogen and oxygen atoms in total. The van der Waals surface area contributed by atoms with Gasteiger partial charge in [-0.05, 0) is 64.8 Å². The van der Waals surface area contributed by atoms with E-state index < -0.39 is 5.60 Å². The molecule has 10 heteroatoms. The smallest absolute Gasteiger partial charge is 0.410 e. The summed E-state index contributed by atoms with van der Waals surface area (Å²) in [6.07, 6.45) is 3.13. The quantitative estimate of drug-likeness (QED) is 0.503. The molecular formula is C23H28ClN5O3S. The molecule has 0 atom stereocenters. The van der Waals surface area contributed by atoms with Crippen molar-refractivity contribution in [3.63, 3.8) is 0 Å². The van der Waals surface area contributed by atoms with Crippen LogP contribution in [0.25, 0.3) is 15.7 Å². The van der Waals surface area contributed by atoms with Gasteiger partial charge in [0.15, 0.2) is 0 Å². The third-order valence-electron chi connectivity index (χ3n) is 4.95. The van der Waals surface area contributed by atoms with Crippen LogP contribution < -0.4 is 4.74 Å². The van der Waals surface area contributed by atoms with E-state index in [4.69, 9.17) is 26.2 Å². The molecule has 0 saturated heterocycles. The summed E-state index contributed by atoms with van der Waals surface area (Å²) in [5.41, 5.74) is 2.45. The predicted octanol–water partition coefficient (Wildman–Crippen LogP) is 5.17. The molecule has 1 aliphatic heterocycles. The summed E-state index contributed by atoms with van der Waals surface area (Å²) < 4.78 is 13.0. The van der Waals surface area contributed by atoms with Crippen molar-refractivity contribution in [2.45, 2.75) is 59.2 Å². The predicted molar refractivity (Wildman–Crippen MR) is 128 cm³/mol. The van der Waals surface area contributed by atoms with Gasteiger partial charge in [0.1, 0.15) is 16.4 Å². The molecule has 0 aliphatic carbocycles. The van der Waals surface area contributed by atoms with E-state index in [9.17, 15) is 4.79 Å². The van der Waals surface area contributed by atoms with E-state index >= 15 is 0 Å². The number of fused-ring (bicyclic) bond motifs is 1. The van der Waals surface area contributed by atoms with Gasteiger partial charge < -0.3 is 14.4 Å². The summed E-state index contributed by atoms with van der Waals surface area (Å²) in [4.78, 5) is 14.2. The average Bonchev–Trinajstić information content (AvgIpc) is 3.31. The Labute approximate surface area is 202 Å². The van der Waals surface area contributed by atoms with Crippen LogP contribution in [0.15, 0.2) is 24.4 Å². The second-order valence-corrected chi connectivity index (χ2v) is 10.6. The van der Waals surface area contributed by atoms with Gasteiger partial charge in [0, 0.05) is 31.3 Å². The summed E-state index contributed by atoms with van der Waals surface area (Å²) in [6, 6.07) is 5.62. The second kappa shape index (κ2) is 9.30. The third kappa shape index (κ3) is 5.65. The Balaban J connectivity index is 1.47. The molecule has 176 valence electrons. The number of halogens is 1. The van der Waals surface area contributed by atoms with E-state index in [1.54, 1.807) is 9.58 Å². The molecule has 33 heavy (non-hydrogen) atoms. The van der Waals surface area contributed by atoms with Crippen LogP contribution in [0.5, 0.6) is 5.75 Å². The minimum Gasteiger partial charge on any atom is -0.489 e. The molecule has 3 heterocycles. The lowest BCUT2D eigenvalue weighted by Gasteiger charge is -2.26. The number of amides is 1. The van der Waals surface area contributed by atoms with Crippen LogP contribution in [0.2, 0.25) is 5.02 Å². The van der Waals surface area contributed by atoms with E-state index in [1.165, 1.54) is 11.3 Å². The summed E-state index contributed by atoms with van der Waals surface area (Å²) >= 11 is 7.82. The minimum atomic E-state index is -0.506. The fraction of sp³-hybridized carbons (Fsp3) is 0.478. The molecule has 1 aliphatic rings. The van der Waals surface area contributed by atoms with Crippen molar-refractivity contribution in [2.24, 2.45) is 0 Å². The normalized spacial score (nSPS) is 14.2. The van der Waals surface area contributed by atoms with Crippen molar-refractivity contribution in [1.29, 1.82) is 0 Å². The first-order valence-electron chi connectivity index (χ1n) is 10.9. The number of carbonyl (C=O) groups excluding carboxylic acids is 1. The number of hydrogen-bond donors (Lipinski definition) is 0. The number of aromatic nitrogens is 4. The maximum absolute atomic E-state index is 12.4. The molecule has 4 rings (SSSR count). The number of ether oxygens (including phenoxy) is 2. The molecule has 0 fully saturated rings. The fourth-order valence-corrected chi connectivity index (χ4v) is 4.48. The average molecular weight is 490 g/mol. The van der Waals surface area contributed by atoms with Gasteiger partial charge >= 0.3 is 6.09 Å². The lowest BCUT2D eigenvalue weighted by atomic mass is 10.2. The molecule has 2 aromatic heterocycles. The highest BCUT2D eigenvalue weighted by atomic mass is 35.5. The molecule has 0 radical (unpaired) electrons. The monoisotopic (exact) mass is 489 g/mol. The van der Waals surface area contributed by atoms with Gasteiger partial charge in [-0.25, -0.2) is 9.48 Å². The molecule has 3 aromatic rings. The van der Waals surface area contributed by atoms with Gasteiger partial charge in [-0.1, -0.05) is 22.9 Å². The van der Waals surface area contributed by atoms with Crippen LogP contribution in [0.1, 0.15) is 45.9 Å². The maximum Gasteiger partial charge on any atom is 0.410 e. The van der Waals surface area contributed by atoms with Gasteiger partial charge in [-0.15, -0.1) is 10.2 Å². The van der Waals surface area contributed by atoms with Crippen LogP contribution in [-0.4, -0.2) is 55.8 Å². The first kappa shape index (κ1) is 23.5. The van der Waals surface area contributed by atoms with Crippen LogP contribution in [0.4, 0.5) is 4.79 Å². The van der Waals surface area contributed by atoms with Crippen molar-refractivity contribution in [3.05, 3.63) is 40.7 Å². The number of benzene rings is 1. The van der Waals surface area contributed by atoms with Gasteiger partial charge in [-0.2, -0.15) is 5.10 Å². The SMILES string of the molecule is CC(C)Oc1ccc(-c2nnc(-n3cc4c(n3)CCN(C(=O)OC(C)(C)C)CC4)s2)cc1Cl. The van der Waals surface area contributed by atoms with Gasteiger partial charge in [0.2, 0.25) is 5.13 Å². The highest BCUT2D eigenvalue weighted by Crippen LogP contribution is 2.33. The number of nitrogens with zero attached hydrogens (tertiary/aromatic N) is 5. The van der Waals surface area contributed by atoms with Crippen molar-refractivity contribution < 1.29 is 14.3 Å². The Kier molecular flexibility index (Phi) is 6.63. The van der Waals surface area contributed by atoms with Crippen LogP contribution in [-0.2, 0) is 17.6 Å². The summed E-state index contributed by atoms with van der Waals surface area (Å²) in [5, 5.41) is 15.3. The second-order valence-electron chi connectivity index (χ2n) is 9.21. The van der Waals surface area contributed by atoms with Crippen molar-refractivity contribution in [1.82, 2.24) is 24.9 Å². The highest BCUT2D eigenvalue weighted by Gasteiger charge is 2.26. The van der Waals surface area contributed by atoms with Crippen molar-refractivity contribution in [2.75, 3.05) is 13.1 Å². The zero-order valence-corrected chi connectivity index (χ0v) is 21.0. The van der Waals surface area contributed by atoms with Crippen molar-refractivity contribution >= 4 is 29.0 Å². The van der Waals surface area contributed by atoms with Crippen LogP contribution in [0, 0.1) is 0 Å². The number of hydrogen-bond acceptors (Lipinski definition) is 7. The molecule has 0 saturated carbocycles. The Morgan fingerprint density at radius 3 is 2.64 bits per heavy atom. The number of carbonyl (C=O) groups is 1. The van der Waals surface area contributed by atoms with E-state index in [1.807, 2.05) is 59.0 Å². The van der Waals surface area contributed by atoms with Crippen LogP contribution in [0.3, 0.4) is 0 Å². The summed E-state index contributed by atoms with van der Waals surface area (Å²) in [5.74, 6) is 0.649. The molecule has 1 aromatic carbocycles. The van der Waals surface area contributed by atoms with E-state index in [0.29, 0.717) is 41.8 Å². The van der Waals surface area contributed by atoms with E-state index in [0.717, 1.165) is 21.8 Å². The Morgan fingerprint density at radius 2 is 1.94 bits per heavy atom. The minimum absolute atomic E-state index is 0.0488. The molecule has 0 unspecified atom stereocenters. The first-order valence-corrected chi connectivity index (χ1v) is 12.1. The topological polar surface area (TPSA) is 82.4 Å². The molecule has 0 N–H and O–H groups in total. The lowest BCUT2D eigenvalue weighted by molar-refractivity contribution is 0.0258. The summed E-state index contributed by atoms with van der Waals surface area (Å²) in [6.45, 7) is 10.7. The molecular weight excluding hydrogens is 462 g/mol. The third-order valence-corrected chi connectivity index (χ3v) is 6.21.